The Bertz CT molecular complexity index is 417. The molecular weight excluding hydrogens is 228 g/mol. The molecule has 0 spiro atoms. The smallest absolute Gasteiger partial charge is 0.151 e. The van der Waals surface area contributed by atoms with E-state index >= 15 is 0 Å². The molecule has 2 unspecified atom stereocenters. The minimum absolute atomic E-state index is 0.226. The van der Waals surface area contributed by atoms with Crippen molar-refractivity contribution in [3.8, 4) is 0 Å². The van der Waals surface area contributed by atoms with Crippen LogP contribution in [0.5, 0.6) is 0 Å². The number of nitrogens with zero attached hydrogens (tertiary/aromatic N) is 3. The molecule has 2 atom stereocenters. The first-order valence-electron chi connectivity index (χ1n) is 6.65. The average molecular weight is 252 g/mol. The number of aryl methyl sites for hydroxylation is 1. The molecule has 5 nitrogen and oxygen atoms in total. The second kappa shape index (κ2) is 4.80. The molecule has 1 aromatic rings. The zero-order valence-electron chi connectivity index (χ0n) is 12.0. The third-order valence-electron chi connectivity index (χ3n) is 3.31. The number of hydrogen-bond donors (Lipinski definition) is 1. The molecular formula is C13H24N4O. The zero-order valence-corrected chi connectivity index (χ0v) is 12.0. The van der Waals surface area contributed by atoms with Crippen LogP contribution in [0.3, 0.4) is 0 Å². The van der Waals surface area contributed by atoms with Crippen molar-refractivity contribution in [3.63, 3.8) is 0 Å². The maximum atomic E-state index is 6.20. The molecule has 0 aromatic carbocycles. The molecule has 0 aliphatic carbocycles. The lowest BCUT2D eigenvalue weighted by Crippen LogP contribution is -2.46. The highest BCUT2D eigenvalue weighted by Gasteiger charge is 2.27. The minimum Gasteiger partial charge on any atom is -0.394 e. The van der Waals surface area contributed by atoms with E-state index in [2.05, 4.69) is 37.7 Å². The molecule has 1 fully saturated rings. The van der Waals surface area contributed by atoms with Crippen molar-refractivity contribution in [2.45, 2.75) is 52.9 Å². The summed E-state index contributed by atoms with van der Waals surface area (Å²) in [7, 11) is 0. The van der Waals surface area contributed by atoms with E-state index in [1.54, 1.807) is 0 Å². The number of anilines is 2. The Morgan fingerprint density at radius 2 is 1.83 bits per heavy atom. The van der Waals surface area contributed by atoms with Crippen molar-refractivity contribution >= 4 is 11.5 Å². The van der Waals surface area contributed by atoms with Crippen LogP contribution in [0.25, 0.3) is 0 Å². The van der Waals surface area contributed by atoms with Crippen LogP contribution in [-0.4, -0.2) is 35.1 Å². The summed E-state index contributed by atoms with van der Waals surface area (Å²) in [4.78, 5) is 2.30. The van der Waals surface area contributed by atoms with Crippen molar-refractivity contribution in [3.05, 3.63) is 5.69 Å². The van der Waals surface area contributed by atoms with Gasteiger partial charge in [0.2, 0.25) is 0 Å². The molecule has 1 saturated heterocycles. The summed E-state index contributed by atoms with van der Waals surface area (Å²) in [6.07, 6.45) is 0.452. The molecule has 2 heterocycles. The number of ether oxygens (including phenoxy) is 1. The normalized spacial score (nSPS) is 24.9. The summed E-state index contributed by atoms with van der Waals surface area (Å²) >= 11 is 0. The fraction of sp³-hybridized carbons (Fsp3) is 0.769. The monoisotopic (exact) mass is 252 g/mol. The number of aromatic nitrogens is 2. The van der Waals surface area contributed by atoms with Crippen LogP contribution < -0.4 is 10.6 Å². The predicted octanol–water partition coefficient (Wildman–Crippen LogP) is 1.97. The number of morpholine rings is 1. The van der Waals surface area contributed by atoms with Gasteiger partial charge in [0.1, 0.15) is 0 Å². The number of rotatable bonds is 2. The van der Waals surface area contributed by atoms with Crippen molar-refractivity contribution < 1.29 is 4.74 Å². The van der Waals surface area contributed by atoms with Gasteiger partial charge in [0.15, 0.2) is 5.82 Å². The molecule has 1 aliphatic heterocycles. The second-order valence-electron chi connectivity index (χ2n) is 5.52. The van der Waals surface area contributed by atoms with Gasteiger partial charge < -0.3 is 15.4 Å². The van der Waals surface area contributed by atoms with E-state index in [1.807, 2.05) is 11.6 Å². The van der Waals surface area contributed by atoms with Gasteiger partial charge in [-0.2, -0.15) is 5.10 Å². The molecule has 5 heteroatoms. The van der Waals surface area contributed by atoms with E-state index < -0.39 is 0 Å². The fourth-order valence-corrected chi connectivity index (χ4v) is 2.57. The Kier molecular flexibility index (Phi) is 3.52. The Balaban J connectivity index is 2.37. The lowest BCUT2D eigenvalue weighted by Gasteiger charge is -2.37. The summed E-state index contributed by atoms with van der Waals surface area (Å²) in [5.41, 5.74) is 7.90. The van der Waals surface area contributed by atoms with E-state index in [4.69, 9.17) is 10.5 Å². The van der Waals surface area contributed by atoms with Crippen molar-refractivity contribution in [1.29, 1.82) is 0 Å². The van der Waals surface area contributed by atoms with Crippen LogP contribution in [0.1, 0.15) is 39.4 Å². The van der Waals surface area contributed by atoms with Gasteiger partial charge >= 0.3 is 0 Å². The summed E-state index contributed by atoms with van der Waals surface area (Å²) in [5, 5.41) is 4.54. The Labute approximate surface area is 109 Å². The SMILES string of the molecule is Cc1nn(C(C)C)c(N2CC(C)OC(C)C2)c1N. The number of nitrogens with two attached hydrogens (primary N) is 1. The summed E-state index contributed by atoms with van der Waals surface area (Å²) < 4.78 is 7.80. The quantitative estimate of drug-likeness (QED) is 0.874. The Morgan fingerprint density at radius 3 is 2.33 bits per heavy atom. The van der Waals surface area contributed by atoms with E-state index in [-0.39, 0.29) is 12.2 Å². The average Bonchev–Trinajstić information content (AvgIpc) is 2.54. The number of hydrogen-bond acceptors (Lipinski definition) is 4. The molecule has 0 saturated carbocycles. The van der Waals surface area contributed by atoms with Crippen LogP contribution in [0.2, 0.25) is 0 Å². The second-order valence-corrected chi connectivity index (χ2v) is 5.52. The van der Waals surface area contributed by atoms with Gasteiger partial charge in [0.05, 0.1) is 23.6 Å². The molecule has 102 valence electrons. The zero-order chi connectivity index (χ0) is 13.4. The molecule has 1 aliphatic rings. The maximum absolute atomic E-state index is 6.20. The van der Waals surface area contributed by atoms with Gasteiger partial charge in [-0.3, -0.25) is 0 Å². The third kappa shape index (κ3) is 2.32. The first kappa shape index (κ1) is 13.2. The van der Waals surface area contributed by atoms with Crippen LogP contribution in [-0.2, 0) is 4.74 Å². The van der Waals surface area contributed by atoms with Gasteiger partial charge in [-0.15, -0.1) is 0 Å². The standard InChI is InChI=1S/C13H24N4O/c1-8(2)17-13(12(14)11(5)15-17)16-6-9(3)18-10(4)7-16/h8-10H,6-7,14H2,1-5H3. The van der Waals surface area contributed by atoms with Crippen LogP contribution in [0, 0.1) is 6.92 Å². The van der Waals surface area contributed by atoms with Crippen LogP contribution >= 0.6 is 0 Å². The van der Waals surface area contributed by atoms with Crippen LogP contribution in [0.4, 0.5) is 11.5 Å². The third-order valence-corrected chi connectivity index (χ3v) is 3.31. The lowest BCUT2D eigenvalue weighted by molar-refractivity contribution is -0.00571. The van der Waals surface area contributed by atoms with E-state index in [0.717, 1.165) is 30.3 Å². The van der Waals surface area contributed by atoms with Gasteiger partial charge in [0, 0.05) is 19.1 Å². The Morgan fingerprint density at radius 1 is 1.28 bits per heavy atom. The van der Waals surface area contributed by atoms with Crippen molar-refractivity contribution in [2.24, 2.45) is 0 Å². The first-order valence-corrected chi connectivity index (χ1v) is 6.65. The van der Waals surface area contributed by atoms with Gasteiger partial charge in [-0.05, 0) is 34.6 Å². The molecule has 0 amide bonds. The summed E-state index contributed by atoms with van der Waals surface area (Å²) in [6.45, 7) is 12.2. The van der Waals surface area contributed by atoms with Gasteiger partial charge in [0.25, 0.3) is 0 Å². The molecule has 2 rings (SSSR count). The summed E-state index contributed by atoms with van der Waals surface area (Å²) in [5.74, 6) is 1.05. The largest absolute Gasteiger partial charge is 0.394 e. The fourth-order valence-electron chi connectivity index (χ4n) is 2.57. The van der Waals surface area contributed by atoms with E-state index in [9.17, 15) is 0 Å². The topological polar surface area (TPSA) is 56.3 Å². The van der Waals surface area contributed by atoms with Gasteiger partial charge in [-0.1, -0.05) is 0 Å². The summed E-state index contributed by atoms with van der Waals surface area (Å²) in [6, 6.07) is 0.310. The van der Waals surface area contributed by atoms with Crippen molar-refractivity contribution in [1.82, 2.24) is 9.78 Å². The molecule has 0 bridgehead atoms. The lowest BCUT2D eigenvalue weighted by atomic mass is 10.2. The number of nitrogen functional groups attached to an aromatic ring is 1. The molecule has 0 radical (unpaired) electrons. The highest BCUT2D eigenvalue weighted by molar-refractivity contribution is 5.66. The molecule has 2 N–H and O–H groups in total. The van der Waals surface area contributed by atoms with Gasteiger partial charge in [-0.25, -0.2) is 4.68 Å². The van der Waals surface area contributed by atoms with Crippen LogP contribution in [0.15, 0.2) is 0 Å². The van der Waals surface area contributed by atoms with Crippen molar-refractivity contribution in [2.75, 3.05) is 23.7 Å². The highest BCUT2D eigenvalue weighted by Crippen LogP contribution is 2.31. The minimum atomic E-state index is 0.226. The molecule has 18 heavy (non-hydrogen) atoms. The first-order chi connectivity index (χ1) is 8.40. The maximum Gasteiger partial charge on any atom is 0.151 e. The van der Waals surface area contributed by atoms with E-state index in [1.165, 1.54) is 0 Å². The van der Waals surface area contributed by atoms with E-state index in [0.29, 0.717) is 6.04 Å². The highest BCUT2D eigenvalue weighted by atomic mass is 16.5. The molecule has 1 aromatic heterocycles. The predicted molar refractivity (Wildman–Crippen MR) is 74.0 cm³/mol. The Hall–Kier alpha value is -1.23.